The summed E-state index contributed by atoms with van der Waals surface area (Å²) in [6, 6.07) is 8.27. The zero-order chi connectivity index (χ0) is 17.7. The Morgan fingerprint density at radius 2 is 2.12 bits per heavy atom. The third-order valence-electron chi connectivity index (χ3n) is 4.91. The van der Waals surface area contributed by atoms with Crippen molar-refractivity contribution in [3.63, 3.8) is 0 Å². The number of aromatic nitrogens is 2. The number of fused-ring (bicyclic) bond motifs is 1. The number of aliphatic hydroxyl groups is 1. The van der Waals surface area contributed by atoms with E-state index in [1.807, 2.05) is 6.07 Å². The highest BCUT2D eigenvalue weighted by molar-refractivity contribution is 5.79. The molecule has 0 spiro atoms. The number of hydrogen-bond acceptors (Lipinski definition) is 3. The largest absolute Gasteiger partial charge is 0.396 e. The number of benzene rings is 1. The van der Waals surface area contributed by atoms with Crippen molar-refractivity contribution in [3.8, 4) is 0 Å². The predicted molar refractivity (Wildman–Crippen MR) is 102 cm³/mol. The van der Waals surface area contributed by atoms with E-state index in [4.69, 9.17) is 0 Å². The fourth-order valence-corrected chi connectivity index (χ4v) is 3.05. The van der Waals surface area contributed by atoms with Crippen molar-refractivity contribution < 1.29 is 5.11 Å². The third kappa shape index (κ3) is 4.31. The van der Waals surface area contributed by atoms with Gasteiger partial charge in [0.15, 0.2) is 5.96 Å². The maximum atomic E-state index is 9.41. The molecule has 0 radical (unpaired) electrons. The van der Waals surface area contributed by atoms with Gasteiger partial charge in [0.1, 0.15) is 5.82 Å². The third-order valence-corrected chi connectivity index (χ3v) is 4.91. The monoisotopic (exact) mass is 343 g/mol. The number of imidazole rings is 1. The van der Waals surface area contributed by atoms with Crippen molar-refractivity contribution in [2.75, 3.05) is 26.2 Å². The second-order valence-corrected chi connectivity index (χ2v) is 6.93. The smallest absolute Gasteiger partial charge is 0.191 e. The fraction of sp³-hybridized carbons (Fsp3) is 0.579. The van der Waals surface area contributed by atoms with E-state index in [0.29, 0.717) is 6.54 Å². The van der Waals surface area contributed by atoms with Gasteiger partial charge in [-0.05, 0) is 45.2 Å². The van der Waals surface area contributed by atoms with Gasteiger partial charge in [0.05, 0.1) is 24.2 Å². The Labute approximate surface area is 149 Å². The summed E-state index contributed by atoms with van der Waals surface area (Å²) in [5.74, 6) is 1.90. The zero-order valence-electron chi connectivity index (χ0n) is 15.3. The SMILES string of the molecule is CCNC(=NCC1(CO)CC1)NCCCn1c(C)nc2ccccc21. The van der Waals surface area contributed by atoms with Crippen LogP contribution in [-0.2, 0) is 6.54 Å². The first-order valence-electron chi connectivity index (χ1n) is 9.22. The van der Waals surface area contributed by atoms with Crippen LogP contribution < -0.4 is 10.6 Å². The number of guanidine groups is 1. The Morgan fingerprint density at radius 1 is 1.32 bits per heavy atom. The van der Waals surface area contributed by atoms with Gasteiger partial charge in [-0.2, -0.15) is 0 Å². The van der Waals surface area contributed by atoms with E-state index >= 15 is 0 Å². The number of aliphatic hydroxyl groups excluding tert-OH is 1. The van der Waals surface area contributed by atoms with Crippen LogP contribution in [0, 0.1) is 12.3 Å². The summed E-state index contributed by atoms with van der Waals surface area (Å²) in [5, 5.41) is 16.1. The first-order chi connectivity index (χ1) is 12.2. The number of nitrogens with zero attached hydrogens (tertiary/aromatic N) is 3. The molecule has 1 aliphatic rings. The molecule has 136 valence electrons. The maximum Gasteiger partial charge on any atom is 0.191 e. The molecule has 2 aromatic rings. The quantitative estimate of drug-likeness (QED) is 0.390. The molecule has 25 heavy (non-hydrogen) atoms. The molecule has 0 atom stereocenters. The molecule has 0 amide bonds. The zero-order valence-corrected chi connectivity index (χ0v) is 15.3. The molecule has 1 aromatic heterocycles. The van der Waals surface area contributed by atoms with E-state index in [1.54, 1.807) is 0 Å². The normalized spacial score (nSPS) is 16.2. The number of nitrogens with one attached hydrogen (secondary N) is 2. The molecule has 1 saturated carbocycles. The van der Waals surface area contributed by atoms with Gasteiger partial charge in [-0.3, -0.25) is 4.99 Å². The van der Waals surface area contributed by atoms with Gasteiger partial charge in [-0.1, -0.05) is 12.1 Å². The molecule has 6 nitrogen and oxygen atoms in total. The summed E-state index contributed by atoms with van der Waals surface area (Å²) in [4.78, 5) is 9.25. The van der Waals surface area contributed by atoms with Gasteiger partial charge in [0, 0.05) is 25.0 Å². The highest BCUT2D eigenvalue weighted by Crippen LogP contribution is 2.45. The van der Waals surface area contributed by atoms with Crippen molar-refractivity contribution in [1.29, 1.82) is 0 Å². The predicted octanol–water partition coefficient (Wildman–Crippen LogP) is 2.06. The number of aliphatic imine (C=N–C) groups is 1. The molecule has 3 rings (SSSR count). The van der Waals surface area contributed by atoms with Crippen LogP contribution in [0.2, 0.25) is 0 Å². The Morgan fingerprint density at radius 3 is 2.84 bits per heavy atom. The molecule has 1 aromatic carbocycles. The number of para-hydroxylation sites is 2. The Kier molecular flexibility index (Phi) is 5.58. The van der Waals surface area contributed by atoms with Crippen LogP contribution in [-0.4, -0.2) is 46.9 Å². The van der Waals surface area contributed by atoms with Gasteiger partial charge < -0.3 is 20.3 Å². The van der Waals surface area contributed by atoms with Crippen LogP contribution >= 0.6 is 0 Å². The van der Waals surface area contributed by atoms with Gasteiger partial charge in [-0.25, -0.2) is 4.98 Å². The summed E-state index contributed by atoms with van der Waals surface area (Å²) in [6.07, 6.45) is 3.16. The van der Waals surface area contributed by atoms with Crippen LogP contribution in [0.3, 0.4) is 0 Å². The minimum Gasteiger partial charge on any atom is -0.396 e. The van der Waals surface area contributed by atoms with Gasteiger partial charge in [-0.15, -0.1) is 0 Å². The van der Waals surface area contributed by atoms with Crippen LogP contribution in [0.5, 0.6) is 0 Å². The highest BCUT2D eigenvalue weighted by atomic mass is 16.3. The van der Waals surface area contributed by atoms with Gasteiger partial charge in [0.2, 0.25) is 0 Å². The van der Waals surface area contributed by atoms with Crippen molar-refractivity contribution in [2.24, 2.45) is 10.4 Å². The van der Waals surface area contributed by atoms with E-state index in [-0.39, 0.29) is 12.0 Å². The molecule has 1 heterocycles. The average molecular weight is 343 g/mol. The van der Waals surface area contributed by atoms with E-state index in [0.717, 1.165) is 56.2 Å². The summed E-state index contributed by atoms with van der Waals surface area (Å²) in [7, 11) is 0. The first kappa shape index (κ1) is 17.7. The first-order valence-corrected chi connectivity index (χ1v) is 9.22. The van der Waals surface area contributed by atoms with E-state index in [1.165, 1.54) is 5.52 Å². The van der Waals surface area contributed by atoms with Gasteiger partial charge in [0.25, 0.3) is 0 Å². The summed E-state index contributed by atoms with van der Waals surface area (Å²) in [6.45, 7) is 7.68. The lowest BCUT2D eigenvalue weighted by Crippen LogP contribution is -2.38. The van der Waals surface area contributed by atoms with Crippen LogP contribution in [0.15, 0.2) is 29.3 Å². The molecule has 0 unspecified atom stereocenters. The van der Waals surface area contributed by atoms with Crippen LogP contribution in [0.1, 0.15) is 32.0 Å². The summed E-state index contributed by atoms with van der Waals surface area (Å²) in [5.41, 5.74) is 2.30. The van der Waals surface area contributed by atoms with Crippen molar-refractivity contribution in [2.45, 2.75) is 39.7 Å². The van der Waals surface area contributed by atoms with E-state index in [9.17, 15) is 5.11 Å². The molecule has 3 N–H and O–H groups in total. The van der Waals surface area contributed by atoms with Crippen molar-refractivity contribution >= 4 is 17.0 Å². The molecule has 1 aliphatic carbocycles. The molecule has 6 heteroatoms. The molecular formula is C19H29N5O. The minimum atomic E-state index is 0.0508. The lowest BCUT2D eigenvalue weighted by atomic mass is 10.1. The second-order valence-electron chi connectivity index (χ2n) is 6.93. The van der Waals surface area contributed by atoms with Gasteiger partial charge >= 0.3 is 0 Å². The number of rotatable bonds is 8. The van der Waals surface area contributed by atoms with Crippen molar-refractivity contribution in [1.82, 2.24) is 20.2 Å². The number of aryl methyl sites for hydroxylation is 2. The lowest BCUT2D eigenvalue weighted by Gasteiger charge is -2.14. The Bertz CT molecular complexity index is 732. The summed E-state index contributed by atoms with van der Waals surface area (Å²) < 4.78 is 2.27. The Balaban J connectivity index is 1.52. The van der Waals surface area contributed by atoms with Crippen LogP contribution in [0.25, 0.3) is 11.0 Å². The molecule has 0 aliphatic heterocycles. The minimum absolute atomic E-state index is 0.0508. The molecular weight excluding hydrogens is 314 g/mol. The fourth-order valence-electron chi connectivity index (χ4n) is 3.05. The molecule has 0 saturated heterocycles. The number of hydrogen-bond donors (Lipinski definition) is 3. The van der Waals surface area contributed by atoms with E-state index in [2.05, 4.69) is 57.2 Å². The molecule has 1 fully saturated rings. The average Bonchev–Trinajstić information content (AvgIpc) is 3.34. The summed E-state index contributed by atoms with van der Waals surface area (Å²) >= 11 is 0. The molecule has 0 bridgehead atoms. The topological polar surface area (TPSA) is 74.5 Å². The standard InChI is InChI=1S/C19H29N5O/c1-3-20-18(22-13-19(14-25)9-10-19)21-11-6-12-24-15(2)23-16-7-4-5-8-17(16)24/h4-5,7-8,25H,3,6,9-14H2,1-2H3,(H2,20,21,22). The van der Waals surface area contributed by atoms with E-state index < -0.39 is 0 Å². The maximum absolute atomic E-state index is 9.41. The van der Waals surface area contributed by atoms with Crippen LogP contribution in [0.4, 0.5) is 0 Å². The van der Waals surface area contributed by atoms with Crippen molar-refractivity contribution in [3.05, 3.63) is 30.1 Å². The highest BCUT2D eigenvalue weighted by Gasteiger charge is 2.41. The lowest BCUT2D eigenvalue weighted by molar-refractivity contribution is 0.217. The second kappa shape index (κ2) is 7.87. The Hall–Kier alpha value is -2.08.